The molecule has 0 bridgehead atoms. The van der Waals surface area contributed by atoms with Crippen LogP contribution < -0.4 is 26.3 Å². The Morgan fingerprint density at radius 2 is 1.53 bits per heavy atom. The Hall–Kier alpha value is -1.36. The Morgan fingerprint density at radius 3 is 2.18 bits per heavy atom. The second-order valence-corrected chi connectivity index (χ2v) is 6.10. The number of carbonyl (C=O) groups excluding carboxylic acids is 1. The van der Waals surface area contributed by atoms with Crippen LogP contribution in [0.2, 0.25) is 0 Å². The number of carbonyl (C=O) groups is 1. The standard InChI is InChI=1S/C13H10IO2.CH4/c15-13(16)11-8-4-5-9-12(11)14-10-6-2-1-3-7-10;/h1-9H,(H,15,16);1H4/q-1;/p-1. The summed E-state index contributed by atoms with van der Waals surface area (Å²) < 4.78 is 2.10. The first-order valence-corrected chi connectivity index (χ1v) is 6.93. The monoisotopic (exact) mass is 340 g/mol. The fraction of sp³-hybridized carbons (Fsp3) is 0.0714. The first-order chi connectivity index (χ1) is 7.77. The molecule has 2 nitrogen and oxygen atoms in total. The Kier molecular flexibility index (Phi) is 5.15. The molecule has 0 atom stereocenters. The summed E-state index contributed by atoms with van der Waals surface area (Å²) in [7, 11) is 0. The van der Waals surface area contributed by atoms with Crippen LogP contribution in [-0.2, 0) is 0 Å². The summed E-state index contributed by atoms with van der Waals surface area (Å²) in [6.07, 6.45) is 0. The van der Waals surface area contributed by atoms with Crippen molar-refractivity contribution in [2.75, 3.05) is 0 Å². The van der Waals surface area contributed by atoms with Gasteiger partial charge in [-0.1, -0.05) is 7.43 Å². The van der Waals surface area contributed by atoms with E-state index in [4.69, 9.17) is 0 Å². The van der Waals surface area contributed by atoms with E-state index in [1.165, 1.54) is 3.57 Å². The van der Waals surface area contributed by atoms with Gasteiger partial charge in [0, 0.05) is 0 Å². The van der Waals surface area contributed by atoms with Gasteiger partial charge in [0.05, 0.1) is 0 Å². The summed E-state index contributed by atoms with van der Waals surface area (Å²) in [4.78, 5) is 10.9. The van der Waals surface area contributed by atoms with Gasteiger partial charge in [-0.25, -0.2) is 0 Å². The van der Waals surface area contributed by atoms with Gasteiger partial charge in [-0.2, -0.15) is 0 Å². The van der Waals surface area contributed by atoms with Crippen molar-refractivity contribution < 1.29 is 31.1 Å². The third kappa shape index (κ3) is 3.56. The molecule has 90 valence electrons. The summed E-state index contributed by atoms with van der Waals surface area (Å²) in [6.45, 7) is 0. The van der Waals surface area contributed by atoms with E-state index < -0.39 is 27.2 Å². The van der Waals surface area contributed by atoms with Crippen molar-refractivity contribution >= 4 is 5.97 Å². The molecule has 0 aromatic heterocycles. The predicted octanol–water partition coefficient (Wildman–Crippen LogP) is -1.19. The van der Waals surface area contributed by atoms with Gasteiger partial charge in [-0.05, 0) is 0 Å². The zero-order valence-electron chi connectivity index (χ0n) is 8.39. The molecule has 0 saturated carbocycles. The molecule has 0 heterocycles. The maximum absolute atomic E-state index is 10.9. The van der Waals surface area contributed by atoms with Crippen LogP contribution in [0, 0.1) is 7.14 Å². The molecule has 0 amide bonds. The molecule has 17 heavy (non-hydrogen) atoms. The minimum atomic E-state index is -1.09. The quantitative estimate of drug-likeness (QED) is 0.660. The molecule has 0 radical (unpaired) electrons. The first-order valence-electron chi connectivity index (χ1n) is 4.77. The van der Waals surface area contributed by atoms with Gasteiger partial charge in [0.15, 0.2) is 0 Å². The number of hydrogen-bond donors (Lipinski definition) is 0. The van der Waals surface area contributed by atoms with E-state index in [-0.39, 0.29) is 7.43 Å². The topological polar surface area (TPSA) is 40.1 Å². The van der Waals surface area contributed by atoms with Crippen LogP contribution in [0.4, 0.5) is 0 Å². The van der Waals surface area contributed by atoms with E-state index >= 15 is 0 Å². The Morgan fingerprint density at radius 1 is 0.941 bits per heavy atom. The zero-order valence-corrected chi connectivity index (χ0v) is 10.5. The van der Waals surface area contributed by atoms with Gasteiger partial charge >= 0.3 is 104 Å². The van der Waals surface area contributed by atoms with E-state index in [1.54, 1.807) is 12.1 Å². The molecule has 2 rings (SSSR count). The van der Waals surface area contributed by atoms with E-state index in [1.807, 2.05) is 42.5 Å². The molecule has 0 N–H and O–H groups in total. The normalized spacial score (nSPS) is 9.65. The fourth-order valence-corrected chi connectivity index (χ4v) is 3.83. The predicted molar refractivity (Wildman–Crippen MR) is 61.3 cm³/mol. The second kappa shape index (κ2) is 6.39. The molecule has 3 heteroatoms. The van der Waals surface area contributed by atoms with Crippen LogP contribution in [0.1, 0.15) is 17.8 Å². The molecule has 0 unspecified atom stereocenters. The third-order valence-corrected chi connectivity index (χ3v) is 4.90. The number of hydrogen-bond acceptors (Lipinski definition) is 2. The number of aromatic carboxylic acids is 1. The second-order valence-electron chi connectivity index (χ2n) is 3.16. The third-order valence-electron chi connectivity index (χ3n) is 2.04. The van der Waals surface area contributed by atoms with E-state index in [2.05, 4.69) is 0 Å². The Bertz CT molecular complexity index is 495. The van der Waals surface area contributed by atoms with Gasteiger partial charge in [0.2, 0.25) is 0 Å². The van der Waals surface area contributed by atoms with Crippen molar-refractivity contribution in [2.24, 2.45) is 0 Å². The number of carboxylic acids is 1. The van der Waals surface area contributed by atoms with Crippen LogP contribution in [0.25, 0.3) is 0 Å². The van der Waals surface area contributed by atoms with Crippen molar-refractivity contribution in [3.8, 4) is 0 Å². The number of carboxylic acid groups (broad SMARTS) is 1. The summed E-state index contributed by atoms with van der Waals surface area (Å²) in [5, 5.41) is 10.9. The van der Waals surface area contributed by atoms with Gasteiger partial charge in [-0.3, -0.25) is 0 Å². The number of halogens is 1. The molecule has 0 aliphatic rings. The van der Waals surface area contributed by atoms with Crippen molar-refractivity contribution in [2.45, 2.75) is 7.43 Å². The first kappa shape index (κ1) is 13.7. The number of benzene rings is 2. The molecule has 0 spiro atoms. The van der Waals surface area contributed by atoms with Gasteiger partial charge in [0.25, 0.3) is 0 Å². The summed E-state index contributed by atoms with van der Waals surface area (Å²) in [6, 6.07) is 17.0. The molecular weight excluding hydrogens is 327 g/mol. The molecule has 0 aliphatic carbocycles. The summed E-state index contributed by atoms with van der Waals surface area (Å²) >= 11 is -0.447. The maximum atomic E-state index is 10.9. The Labute approximate surface area is 112 Å². The average molecular weight is 340 g/mol. The fourth-order valence-electron chi connectivity index (χ4n) is 1.30. The summed E-state index contributed by atoms with van der Waals surface area (Å²) in [5.41, 5.74) is 0.319. The van der Waals surface area contributed by atoms with Crippen molar-refractivity contribution in [3.63, 3.8) is 0 Å². The average Bonchev–Trinajstić information content (AvgIpc) is 2.31. The van der Waals surface area contributed by atoms with Crippen LogP contribution in [0.5, 0.6) is 0 Å². The van der Waals surface area contributed by atoms with Gasteiger partial charge in [0.1, 0.15) is 0 Å². The van der Waals surface area contributed by atoms with Crippen molar-refractivity contribution in [1.29, 1.82) is 0 Å². The molecule has 0 aliphatic heterocycles. The molecule has 2 aromatic rings. The van der Waals surface area contributed by atoms with Crippen LogP contribution in [0.15, 0.2) is 54.6 Å². The van der Waals surface area contributed by atoms with Gasteiger partial charge < -0.3 is 0 Å². The zero-order chi connectivity index (χ0) is 11.4. The van der Waals surface area contributed by atoms with E-state index in [9.17, 15) is 9.90 Å². The molecular formula is C14H13IO2-2. The SMILES string of the molecule is C.O=C([O-])c1ccccc1[I-]c1ccccc1. The van der Waals surface area contributed by atoms with E-state index in [0.717, 1.165) is 3.57 Å². The molecule has 0 saturated heterocycles. The molecule has 0 fully saturated rings. The van der Waals surface area contributed by atoms with E-state index in [0.29, 0.717) is 5.56 Å². The van der Waals surface area contributed by atoms with Crippen LogP contribution >= 0.6 is 0 Å². The molecule has 2 aromatic carbocycles. The minimum absolute atomic E-state index is 0. The van der Waals surface area contributed by atoms with Crippen molar-refractivity contribution in [3.05, 3.63) is 67.3 Å². The van der Waals surface area contributed by atoms with Crippen LogP contribution in [0.3, 0.4) is 0 Å². The number of rotatable bonds is 3. The van der Waals surface area contributed by atoms with Crippen molar-refractivity contribution in [1.82, 2.24) is 0 Å². The summed E-state index contributed by atoms with van der Waals surface area (Å²) in [5.74, 6) is -1.09. The Balaban J connectivity index is 0.00000144. The van der Waals surface area contributed by atoms with Crippen LogP contribution in [-0.4, -0.2) is 5.97 Å². The van der Waals surface area contributed by atoms with Gasteiger partial charge in [-0.15, -0.1) is 0 Å².